The molecule has 0 saturated heterocycles. The van der Waals surface area contributed by atoms with Crippen molar-refractivity contribution in [3.05, 3.63) is 48.0 Å². The fraction of sp³-hybridized carbons (Fsp3) is 0.250. The quantitative estimate of drug-likeness (QED) is 0.801. The number of nitrogens with one attached hydrogen (secondary N) is 2. The van der Waals surface area contributed by atoms with Crippen molar-refractivity contribution in [1.29, 1.82) is 0 Å². The van der Waals surface area contributed by atoms with Crippen molar-refractivity contribution in [2.24, 2.45) is 0 Å². The molecule has 0 spiro atoms. The van der Waals surface area contributed by atoms with Crippen LogP contribution in [0, 0.1) is 0 Å². The molecule has 98 valence electrons. The molecular formula is C12H13F3N2O. The lowest BCUT2D eigenvalue weighted by molar-refractivity contribution is -0.138. The molecule has 0 aliphatic carbocycles. The third kappa shape index (κ3) is 4.12. The van der Waals surface area contributed by atoms with Gasteiger partial charge in [-0.3, -0.25) is 0 Å². The van der Waals surface area contributed by atoms with Gasteiger partial charge in [0.15, 0.2) is 0 Å². The second-order valence-electron chi connectivity index (χ2n) is 3.51. The van der Waals surface area contributed by atoms with E-state index in [1.54, 1.807) is 0 Å². The summed E-state index contributed by atoms with van der Waals surface area (Å²) in [6, 6.07) is 4.58. The monoisotopic (exact) mass is 258 g/mol. The highest BCUT2D eigenvalue weighted by atomic mass is 19.4. The van der Waals surface area contributed by atoms with Gasteiger partial charge in [-0.25, -0.2) is 4.79 Å². The lowest BCUT2D eigenvalue weighted by Gasteiger charge is -2.13. The summed E-state index contributed by atoms with van der Waals surface area (Å²) in [6.45, 7) is 3.48. The zero-order valence-corrected chi connectivity index (χ0v) is 9.55. The summed E-state index contributed by atoms with van der Waals surface area (Å²) in [5.41, 5.74) is -0.715. The van der Waals surface area contributed by atoms with E-state index >= 15 is 0 Å². The van der Waals surface area contributed by atoms with E-state index in [9.17, 15) is 18.0 Å². The summed E-state index contributed by atoms with van der Waals surface area (Å²) in [4.78, 5) is 11.2. The maximum absolute atomic E-state index is 12.6. The molecule has 2 amide bonds. The summed E-state index contributed by atoms with van der Waals surface area (Å²) >= 11 is 0. The number of urea groups is 1. The minimum atomic E-state index is -4.42. The molecule has 0 atom stereocenters. The van der Waals surface area contributed by atoms with Crippen molar-refractivity contribution in [1.82, 2.24) is 10.6 Å². The molecule has 1 aromatic carbocycles. The largest absolute Gasteiger partial charge is 0.416 e. The van der Waals surface area contributed by atoms with Crippen molar-refractivity contribution in [3.8, 4) is 0 Å². The minimum absolute atomic E-state index is 0.0266. The van der Waals surface area contributed by atoms with Crippen molar-refractivity contribution < 1.29 is 18.0 Å². The third-order valence-corrected chi connectivity index (χ3v) is 2.17. The Hall–Kier alpha value is -1.98. The molecular weight excluding hydrogens is 245 g/mol. The van der Waals surface area contributed by atoms with E-state index in [1.165, 1.54) is 24.3 Å². The van der Waals surface area contributed by atoms with Crippen molar-refractivity contribution >= 4 is 6.03 Å². The molecule has 1 aromatic rings. The number of amides is 2. The van der Waals surface area contributed by atoms with Gasteiger partial charge in [0.2, 0.25) is 0 Å². The van der Waals surface area contributed by atoms with Crippen molar-refractivity contribution in [2.75, 3.05) is 6.54 Å². The van der Waals surface area contributed by atoms with Crippen LogP contribution in [0.15, 0.2) is 36.9 Å². The number of carbonyl (C=O) groups excluding carboxylic acids is 1. The van der Waals surface area contributed by atoms with Gasteiger partial charge in [-0.15, -0.1) is 6.58 Å². The highest BCUT2D eigenvalue weighted by molar-refractivity contribution is 5.74. The van der Waals surface area contributed by atoms with E-state index in [2.05, 4.69) is 17.2 Å². The smallest absolute Gasteiger partial charge is 0.335 e. The molecule has 1 rings (SSSR count). The summed E-state index contributed by atoms with van der Waals surface area (Å²) in [6.07, 6.45) is -2.95. The normalized spacial score (nSPS) is 10.8. The lowest BCUT2D eigenvalue weighted by Crippen LogP contribution is -2.35. The number of hydrogen-bond donors (Lipinski definition) is 2. The molecule has 18 heavy (non-hydrogen) atoms. The van der Waals surface area contributed by atoms with Crippen LogP contribution >= 0.6 is 0 Å². The van der Waals surface area contributed by atoms with Gasteiger partial charge in [-0.2, -0.15) is 13.2 Å². The topological polar surface area (TPSA) is 41.1 Å². The minimum Gasteiger partial charge on any atom is -0.335 e. The molecule has 0 saturated carbocycles. The SMILES string of the molecule is C=CCNC(=O)NCc1ccccc1C(F)(F)F. The molecule has 2 N–H and O–H groups in total. The molecule has 0 heterocycles. The molecule has 0 aliphatic heterocycles. The highest BCUT2D eigenvalue weighted by Crippen LogP contribution is 2.31. The van der Waals surface area contributed by atoms with Crippen LogP contribution in [-0.2, 0) is 12.7 Å². The van der Waals surface area contributed by atoms with E-state index in [1.807, 2.05) is 0 Å². The number of benzene rings is 1. The number of hydrogen-bond acceptors (Lipinski definition) is 1. The second-order valence-corrected chi connectivity index (χ2v) is 3.51. The molecule has 0 bridgehead atoms. The Kier molecular flexibility index (Phi) is 4.76. The number of halogens is 3. The maximum atomic E-state index is 12.6. The number of rotatable bonds is 4. The van der Waals surface area contributed by atoms with Crippen LogP contribution in [0.3, 0.4) is 0 Å². The predicted molar refractivity (Wildman–Crippen MR) is 61.9 cm³/mol. The molecule has 0 fully saturated rings. The Balaban J connectivity index is 2.68. The number of alkyl halides is 3. The third-order valence-electron chi connectivity index (χ3n) is 2.17. The Morgan fingerprint density at radius 2 is 1.94 bits per heavy atom. The van der Waals surface area contributed by atoms with Crippen LogP contribution in [0.5, 0.6) is 0 Å². The van der Waals surface area contributed by atoms with E-state index in [0.717, 1.165) is 6.07 Å². The Bertz CT molecular complexity index is 430. The van der Waals surface area contributed by atoms with Crippen molar-refractivity contribution in [3.63, 3.8) is 0 Å². The Morgan fingerprint density at radius 1 is 1.28 bits per heavy atom. The molecule has 0 unspecified atom stereocenters. The average Bonchev–Trinajstić information content (AvgIpc) is 2.33. The van der Waals surface area contributed by atoms with Gasteiger partial charge in [0.05, 0.1) is 5.56 Å². The first-order chi connectivity index (χ1) is 8.45. The molecule has 0 aliphatic rings. The van der Waals surface area contributed by atoms with E-state index in [-0.39, 0.29) is 18.7 Å². The molecule has 3 nitrogen and oxygen atoms in total. The van der Waals surface area contributed by atoms with Crippen LogP contribution in [0.4, 0.5) is 18.0 Å². The molecule has 6 heteroatoms. The first kappa shape index (κ1) is 14.1. The van der Waals surface area contributed by atoms with E-state index in [4.69, 9.17) is 0 Å². The average molecular weight is 258 g/mol. The predicted octanol–water partition coefficient (Wildman–Crippen LogP) is 2.69. The van der Waals surface area contributed by atoms with Crippen LogP contribution in [-0.4, -0.2) is 12.6 Å². The van der Waals surface area contributed by atoms with Gasteiger partial charge < -0.3 is 10.6 Å². The molecule has 0 radical (unpaired) electrons. The summed E-state index contributed by atoms with van der Waals surface area (Å²) in [7, 11) is 0. The number of carbonyl (C=O) groups is 1. The van der Waals surface area contributed by atoms with Gasteiger partial charge in [0.25, 0.3) is 0 Å². The fourth-order valence-corrected chi connectivity index (χ4v) is 1.35. The lowest BCUT2D eigenvalue weighted by atomic mass is 10.1. The highest BCUT2D eigenvalue weighted by Gasteiger charge is 2.32. The fourth-order valence-electron chi connectivity index (χ4n) is 1.35. The zero-order chi connectivity index (χ0) is 13.6. The molecule has 0 aromatic heterocycles. The standard InChI is InChI=1S/C12H13F3N2O/c1-2-7-16-11(18)17-8-9-5-3-4-6-10(9)12(13,14)15/h2-6H,1,7-8H2,(H2,16,17,18). The zero-order valence-electron chi connectivity index (χ0n) is 9.55. The summed E-state index contributed by atoms with van der Waals surface area (Å²) in [5, 5.41) is 4.76. The van der Waals surface area contributed by atoms with Crippen LogP contribution in [0.2, 0.25) is 0 Å². The first-order valence-electron chi connectivity index (χ1n) is 5.23. The van der Waals surface area contributed by atoms with E-state index < -0.39 is 17.8 Å². The van der Waals surface area contributed by atoms with E-state index in [0.29, 0.717) is 0 Å². The Labute approximate surface area is 103 Å². The first-order valence-corrected chi connectivity index (χ1v) is 5.23. The van der Waals surface area contributed by atoms with Crippen molar-refractivity contribution in [2.45, 2.75) is 12.7 Å². The second kappa shape index (κ2) is 6.09. The van der Waals surface area contributed by atoms with Gasteiger partial charge >= 0.3 is 12.2 Å². The summed E-state index contributed by atoms with van der Waals surface area (Å²) in [5.74, 6) is 0. The summed E-state index contributed by atoms with van der Waals surface area (Å²) < 4.78 is 37.9. The van der Waals surface area contributed by atoms with Crippen LogP contribution in [0.25, 0.3) is 0 Å². The Morgan fingerprint density at radius 3 is 2.56 bits per heavy atom. The maximum Gasteiger partial charge on any atom is 0.416 e. The van der Waals surface area contributed by atoms with Crippen LogP contribution < -0.4 is 10.6 Å². The van der Waals surface area contributed by atoms with Gasteiger partial charge in [-0.05, 0) is 11.6 Å². The van der Waals surface area contributed by atoms with Gasteiger partial charge in [-0.1, -0.05) is 24.3 Å². The van der Waals surface area contributed by atoms with Gasteiger partial charge in [0.1, 0.15) is 0 Å². The van der Waals surface area contributed by atoms with Gasteiger partial charge in [0, 0.05) is 13.1 Å². The van der Waals surface area contributed by atoms with Crippen LogP contribution in [0.1, 0.15) is 11.1 Å².